The summed E-state index contributed by atoms with van der Waals surface area (Å²) in [6, 6.07) is 4.99. The maximum atomic E-state index is 4.40. The molecule has 1 saturated heterocycles. The molecule has 24 heavy (non-hydrogen) atoms. The molecule has 0 aliphatic carbocycles. The Balaban J connectivity index is 1.78. The first kappa shape index (κ1) is 19.3. The lowest BCUT2D eigenvalue weighted by Crippen LogP contribution is -2.47. The van der Waals surface area contributed by atoms with Crippen molar-refractivity contribution in [3.63, 3.8) is 0 Å². The fourth-order valence-corrected chi connectivity index (χ4v) is 4.10. The SMILES string of the molecule is CN=C(NCC1CCCN(C(C)C)C1)NCC(C)(C)c1cccs1. The molecule has 2 heterocycles. The van der Waals surface area contributed by atoms with E-state index in [-0.39, 0.29) is 5.41 Å². The molecule has 1 fully saturated rings. The van der Waals surface area contributed by atoms with E-state index < -0.39 is 0 Å². The van der Waals surface area contributed by atoms with Crippen LogP contribution >= 0.6 is 11.3 Å². The standard InChI is InChI=1S/C19H34N4S/c1-15(2)23-10-6-8-16(13-23)12-21-18(20-5)22-14-19(3,4)17-9-7-11-24-17/h7,9,11,15-16H,6,8,10,12-14H2,1-5H3,(H2,20,21,22). The van der Waals surface area contributed by atoms with Crippen LogP contribution in [0.1, 0.15) is 45.4 Å². The molecular weight excluding hydrogens is 316 g/mol. The van der Waals surface area contributed by atoms with Gasteiger partial charge < -0.3 is 15.5 Å². The van der Waals surface area contributed by atoms with Gasteiger partial charge in [-0.25, -0.2) is 0 Å². The molecule has 4 nitrogen and oxygen atoms in total. The number of aliphatic imine (C=N–C) groups is 1. The van der Waals surface area contributed by atoms with Crippen LogP contribution in [0.4, 0.5) is 0 Å². The molecule has 1 aliphatic rings. The van der Waals surface area contributed by atoms with Crippen molar-refractivity contribution in [3.05, 3.63) is 22.4 Å². The zero-order valence-corrected chi connectivity index (χ0v) is 16.7. The summed E-state index contributed by atoms with van der Waals surface area (Å²) in [7, 11) is 1.86. The summed E-state index contributed by atoms with van der Waals surface area (Å²) < 4.78 is 0. The molecular formula is C19H34N4S. The fourth-order valence-electron chi connectivity index (χ4n) is 3.25. The van der Waals surface area contributed by atoms with Gasteiger partial charge in [0.25, 0.3) is 0 Å². The summed E-state index contributed by atoms with van der Waals surface area (Å²) in [5, 5.41) is 9.18. The molecule has 0 saturated carbocycles. The highest BCUT2D eigenvalue weighted by atomic mass is 32.1. The summed E-state index contributed by atoms with van der Waals surface area (Å²) in [6.45, 7) is 13.5. The number of likely N-dealkylation sites (tertiary alicyclic amines) is 1. The zero-order chi connectivity index (χ0) is 17.6. The maximum Gasteiger partial charge on any atom is 0.191 e. The van der Waals surface area contributed by atoms with E-state index >= 15 is 0 Å². The normalized spacial score (nSPS) is 20.4. The molecule has 5 heteroatoms. The van der Waals surface area contributed by atoms with Gasteiger partial charge >= 0.3 is 0 Å². The van der Waals surface area contributed by atoms with E-state index in [4.69, 9.17) is 0 Å². The van der Waals surface area contributed by atoms with Crippen LogP contribution in [0.3, 0.4) is 0 Å². The largest absolute Gasteiger partial charge is 0.356 e. The molecule has 0 spiro atoms. The third-order valence-corrected chi connectivity index (χ3v) is 6.18. The van der Waals surface area contributed by atoms with Crippen molar-refractivity contribution in [2.24, 2.45) is 10.9 Å². The predicted octanol–water partition coefficient (Wildman–Crippen LogP) is 3.31. The second kappa shape index (κ2) is 8.86. The number of rotatable bonds is 6. The summed E-state index contributed by atoms with van der Waals surface area (Å²) >= 11 is 1.82. The van der Waals surface area contributed by atoms with Gasteiger partial charge in [0.1, 0.15) is 0 Å². The Kier molecular flexibility index (Phi) is 7.11. The number of nitrogens with zero attached hydrogens (tertiary/aromatic N) is 2. The number of thiophene rings is 1. The van der Waals surface area contributed by atoms with Crippen LogP contribution < -0.4 is 10.6 Å². The Labute approximate surface area is 151 Å². The molecule has 2 rings (SSSR count). The van der Waals surface area contributed by atoms with Gasteiger partial charge in [-0.15, -0.1) is 11.3 Å². The Morgan fingerprint density at radius 2 is 2.21 bits per heavy atom. The van der Waals surface area contributed by atoms with Crippen LogP contribution in [0.25, 0.3) is 0 Å². The van der Waals surface area contributed by atoms with Gasteiger partial charge in [-0.3, -0.25) is 4.99 Å². The lowest BCUT2D eigenvalue weighted by molar-refractivity contribution is 0.141. The quantitative estimate of drug-likeness (QED) is 0.611. The maximum absolute atomic E-state index is 4.40. The van der Waals surface area contributed by atoms with Crippen LogP contribution in [0.5, 0.6) is 0 Å². The monoisotopic (exact) mass is 350 g/mol. The van der Waals surface area contributed by atoms with E-state index in [0.29, 0.717) is 12.0 Å². The van der Waals surface area contributed by atoms with E-state index in [1.807, 2.05) is 18.4 Å². The number of hydrogen-bond acceptors (Lipinski definition) is 3. The lowest BCUT2D eigenvalue weighted by atomic mass is 9.91. The minimum Gasteiger partial charge on any atom is -0.356 e. The van der Waals surface area contributed by atoms with Crippen LogP contribution in [-0.4, -0.2) is 50.1 Å². The van der Waals surface area contributed by atoms with Crippen LogP contribution in [0.2, 0.25) is 0 Å². The highest BCUT2D eigenvalue weighted by Gasteiger charge is 2.23. The van der Waals surface area contributed by atoms with Gasteiger partial charge in [-0.2, -0.15) is 0 Å². The van der Waals surface area contributed by atoms with Gasteiger partial charge in [-0.05, 0) is 50.6 Å². The van der Waals surface area contributed by atoms with Crippen molar-refractivity contribution in [1.29, 1.82) is 0 Å². The van der Waals surface area contributed by atoms with E-state index in [1.165, 1.54) is 30.8 Å². The average molecular weight is 351 g/mol. The summed E-state index contributed by atoms with van der Waals surface area (Å²) in [4.78, 5) is 8.39. The third-order valence-electron chi connectivity index (χ3n) is 4.95. The van der Waals surface area contributed by atoms with Gasteiger partial charge in [0.15, 0.2) is 5.96 Å². The molecule has 0 aromatic carbocycles. The van der Waals surface area contributed by atoms with E-state index in [1.54, 1.807) is 0 Å². The molecule has 1 aromatic heterocycles. The second-order valence-corrected chi connectivity index (χ2v) is 8.71. The van der Waals surface area contributed by atoms with Gasteiger partial charge in [0, 0.05) is 43.0 Å². The zero-order valence-electron chi connectivity index (χ0n) is 15.9. The van der Waals surface area contributed by atoms with Crippen LogP contribution in [-0.2, 0) is 5.41 Å². The predicted molar refractivity (Wildman–Crippen MR) is 106 cm³/mol. The first-order valence-electron chi connectivity index (χ1n) is 9.15. The van der Waals surface area contributed by atoms with Crippen molar-refractivity contribution >= 4 is 17.3 Å². The van der Waals surface area contributed by atoms with Gasteiger partial charge in [0.05, 0.1) is 0 Å². The second-order valence-electron chi connectivity index (χ2n) is 7.76. The molecule has 2 N–H and O–H groups in total. The summed E-state index contributed by atoms with van der Waals surface area (Å²) in [5.74, 6) is 1.63. The van der Waals surface area contributed by atoms with Crippen molar-refractivity contribution in [3.8, 4) is 0 Å². The highest BCUT2D eigenvalue weighted by Crippen LogP contribution is 2.26. The Morgan fingerprint density at radius 1 is 1.42 bits per heavy atom. The molecule has 136 valence electrons. The minimum absolute atomic E-state index is 0.116. The lowest BCUT2D eigenvalue weighted by Gasteiger charge is -2.35. The van der Waals surface area contributed by atoms with Crippen LogP contribution in [0.15, 0.2) is 22.5 Å². The van der Waals surface area contributed by atoms with Gasteiger partial charge in [0.2, 0.25) is 0 Å². The van der Waals surface area contributed by atoms with Crippen molar-refractivity contribution in [1.82, 2.24) is 15.5 Å². The highest BCUT2D eigenvalue weighted by molar-refractivity contribution is 7.10. The van der Waals surface area contributed by atoms with E-state index in [9.17, 15) is 0 Å². The molecule has 1 atom stereocenters. The first-order valence-corrected chi connectivity index (χ1v) is 10.0. The van der Waals surface area contributed by atoms with Crippen molar-refractivity contribution in [2.75, 3.05) is 33.2 Å². The Bertz CT molecular complexity index is 507. The molecule has 0 radical (unpaired) electrons. The van der Waals surface area contributed by atoms with Crippen LogP contribution in [0, 0.1) is 5.92 Å². The van der Waals surface area contributed by atoms with Gasteiger partial charge in [-0.1, -0.05) is 19.9 Å². The minimum atomic E-state index is 0.116. The van der Waals surface area contributed by atoms with E-state index in [2.05, 4.69) is 65.7 Å². The van der Waals surface area contributed by atoms with Crippen molar-refractivity contribution in [2.45, 2.75) is 52.0 Å². The Morgan fingerprint density at radius 3 is 2.83 bits per heavy atom. The number of piperidine rings is 1. The summed E-state index contributed by atoms with van der Waals surface area (Å²) in [5.41, 5.74) is 0.116. The molecule has 0 bridgehead atoms. The molecule has 1 unspecified atom stereocenters. The molecule has 1 aromatic rings. The fraction of sp³-hybridized carbons (Fsp3) is 0.737. The number of hydrogen-bond donors (Lipinski definition) is 2. The average Bonchev–Trinajstić information content (AvgIpc) is 3.10. The topological polar surface area (TPSA) is 39.7 Å². The molecule has 0 amide bonds. The number of guanidine groups is 1. The smallest absolute Gasteiger partial charge is 0.191 e. The van der Waals surface area contributed by atoms with Crippen molar-refractivity contribution < 1.29 is 0 Å². The summed E-state index contributed by atoms with van der Waals surface area (Å²) in [6.07, 6.45) is 2.62. The van der Waals surface area contributed by atoms with E-state index in [0.717, 1.165) is 19.0 Å². The third kappa shape index (κ3) is 5.49. The number of nitrogens with one attached hydrogen (secondary N) is 2. The molecule has 1 aliphatic heterocycles. The Hall–Kier alpha value is -1.07. The first-order chi connectivity index (χ1) is 11.4.